The van der Waals surface area contributed by atoms with Crippen molar-refractivity contribution in [1.82, 2.24) is 10.2 Å². The van der Waals surface area contributed by atoms with Gasteiger partial charge in [0.15, 0.2) is 0 Å². The van der Waals surface area contributed by atoms with Crippen LogP contribution in [-0.4, -0.2) is 29.6 Å². The Labute approximate surface area is 127 Å². The molecule has 0 aromatic heterocycles. The van der Waals surface area contributed by atoms with Gasteiger partial charge < -0.3 is 4.90 Å². The van der Waals surface area contributed by atoms with Crippen molar-refractivity contribution in [1.29, 1.82) is 0 Å². The fraction of sp³-hybridized carbons (Fsp3) is 0.611. The van der Waals surface area contributed by atoms with E-state index in [0.717, 1.165) is 25.3 Å². The molecule has 3 heteroatoms. The Kier molecular flexibility index (Phi) is 4.29. The summed E-state index contributed by atoms with van der Waals surface area (Å²) in [6.07, 6.45) is 4.66. The van der Waals surface area contributed by atoms with Crippen LogP contribution in [0.1, 0.15) is 38.7 Å². The minimum absolute atomic E-state index is 0.0464. The molecule has 1 aromatic carbocycles. The molecule has 21 heavy (non-hydrogen) atoms. The maximum absolute atomic E-state index is 12.7. The molecule has 1 saturated heterocycles. The van der Waals surface area contributed by atoms with E-state index in [-0.39, 0.29) is 12.2 Å². The summed E-state index contributed by atoms with van der Waals surface area (Å²) in [5.41, 5.74) is 1.24. The summed E-state index contributed by atoms with van der Waals surface area (Å²) in [7, 11) is 0. The Bertz CT molecular complexity index is 481. The molecule has 0 radical (unpaired) electrons. The fourth-order valence-electron chi connectivity index (χ4n) is 3.18. The molecule has 3 rings (SSSR count). The summed E-state index contributed by atoms with van der Waals surface area (Å²) >= 11 is 0. The quantitative estimate of drug-likeness (QED) is 0.872. The molecule has 1 saturated carbocycles. The first-order valence-electron chi connectivity index (χ1n) is 8.24. The molecule has 0 bridgehead atoms. The van der Waals surface area contributed by atoms with Crippen LogP contribution in [0.3, 0.4) is 0 Å². The molecule has 2 fully saturated rings. The van der Waals surface area contributed by atoms with Gasteiger partial charge in [-0.3, -0.25) is 10.1 Å². The molecule has 2 aliphatic rings. The zero-order valence-electron chi connectivity index (χ0n) is 13.1. The SMILES string of the molecule is CC(C)CC1NC(Cc2ccccc2)C(=O)N1CC1CC1. The predicted molar refractivity (Wildman–Crippen MR) is 84.7 cm³/mol. The highest BCUT2D eigenvalue weighted by molar-refractivity contribution is 5.84. The third kappa shape index (κ3) is 3.65. The molecule has 2 unspecified atom stereocenters. The van der Waals surface area contributed by atoms with Crippen molar-refractivity contribution in [3.63, 3.8) is 0 Å². The van der Waals surface area contributed by atoms with Crippen LogP contribution in [0.5, 0.6) is 0 Å². The van der Waals surface area contributed by atoms with Crippen LogP contribution in [0.15, 0.2) is 30.3 Å². The van der Waals surface area contributed by atoms with E-state index < -0.39 is 0 Å². The number of hydrogen-bond acceptors (Lipinski definition) is 2. The maximum atomic E-state index is 12.7. The van der Waals surface area contributed by atoms with Gasteiger partial charge in [-0.2, -0.15) is 0 Å². The maximum Gasteiger partial charge on any atom is 0.241 e. The highest BCUT2D eigenvalue weighted by Gasteiger charge is 2.41. The van der Waals surface area contributed by atoms with Crippen LogP contribution in [-0.2, 0) is 11.2 Å². The van der Waals surface area contributed by atoms with Gasteiger partial charge in [0, 0.05) is 6.54 Å². The number of rotatable bonds is 6. The lowest BCUT2D eigenvalue weighted by atomic mass is 10.1. The molecule has 0 spiro atoms. The van der Waals surface area contributed by atoms with Crippen molar-refractivity contribution in [3.05, 3.63) is 35.9 Å². The molecule has 1 amide bonds. The molecule has 1 heterocycles. The molecular formula is C18H26N2O. The van der Waals surface area contributed by atoms with Gasteiger partial charge in [0.2, 0.25) is 5.91 Å². The second-order valence-corrected chi connectivity index (χ2v) is 6.99. The van der Waals surface area contributed by atoms with Gasteiger partial charge in [0.25, 0.3) is 0 Å². The third-order valence-electron chi connectivity index (χ3n) is 4.48. The van der Waals surface area contributed by atoms with Gasteiger partial charge in [-0.15, -0.1) is 0 Å². The standard InChI is InChI=1S/C18H26N2O/c1-13(2)10-17-19-16(11-14-6-4-3-5-7-14)18(21)20(17)12-15-8-9-15/h3-7,13,15-17,19H,8-12H2,1-2H3. The number of amides is 1. The monoisotopic (exact) mass is 286 g/mol. The first-order chi connectivity index (χ1) is 10.1. The summed E-state index contributed by atoms with van der Waals surface area (Å²) < 4.78 is 0. The van der Waals surface area contributed by atoms with Crippen molar-refractivity contribution in [2.75, 3.05) is 6.54 Å². The van der Waals surface area contributed by atoms with E-state index in [9.17, 15) is 4.79 Å². The molecule has 114 valence electrons. The van der Waals surface area contributed by atoms with E-state index in [0.29, 0.717) is 11.8 Å². The van der Waals surface area contributed by atoms with Gasteiger partial charge in [-0.05, 0) is 43.1 Å². The molecule has 2 atom stereocenters. The molecule has 1 aromatic rings. The van der Waals surface area contributed by atoms with Crippen LogP contribution in [0, 0.1) is 11.8 Å². The summed E-state index contributed by atoms with van der Waals surface area (Å²) in [5, 5.41) is 3.58. The first kappa shape index (κ1) is 14.6. The average molecular weight is 286 g/mol. The zero-order valence-corrected chi connectivity index (χ0v) is 13.1. The number of carbonyl (C=O) groups excluding carboxylic acids is 1. The number of carbonyl (C=O) groups is 1. The van der Waals surface area contributed by atoms with Crippen molar-refractivity contribution in [2.45, 2.75) is 51.7 Å². The van der Waals surface area contributed by atoms with Crippen LogP contribution in [0.25, 0.3) is 0 Å². The predicted octanol–water partition coefficient (Wildman–Crippen LogP) is 2.81. The number of nitrogens with zero attached hydrogens (tertiary/aromatic N) is 1. The van der Waals surface area contributed by atoms with Gasteiger partial charge in [-0.25, -0.2) is 0 Å². The molecular weight excluding hydrogens is 260 g/mol. The lowest BCUT2D eigenvalue weighted by Gasteiger charge is -2.25. The van der Waals surface area contributed by atoms with Gasteiger partial charge >= 0.3 is 0 Å². The highest BCUT2D eigenvalue weighted by atomic mass is 16.2. The topological polar surface area (TPSA) is 32.3 Å². The Hall–Kier alpha value is -1.35. The van der Waals surface area contributed by atoms with E-state index in [2.05, 4.69) is 36.2 Å². The lowest BCUT2D eigenvalue weighted by Crippen LogP contribution is -2.39. The lowest BCUT2D eigenvalue weighted by molar-refractivity contribution is -0.130. The van der Waals surface area contributed by atoms with E-state index in [1.54, 1.807) is 0 Å². The van der Waals surface area contributed by atoms with Crippen molar-refractivity contribution < 1.29 is 4.79 Å². The average Bonchev–Trinajstić information content (AvgIpc) is 3.22. The molecule has 3 nitrogen and oxygen atoms in total. The Balaban J connectivity index is 1.68. The largest absolute Gasteiger partial charge is 0.325 e. The number of nitrogens with one attached hydrogen (secondary N) is 1. The van der Waals surface area contributed by atoms with Crippen LogP contribution < -0.4 is 5.32 Å². The minimum Gasteiger partial charge on any atom is -0.325 e. The first-order valence-corrected chi connectivity index (χ1v) is 8.24. The summed E-state index contributed by atoms with van der Waals surface area (Å²) in [4.78, 5) is 14.8. The van der Waals surface area contributed by atoms with Crippen molar-refractivity contribution >= 4 is 5.91 Å². The van der Waals surface area contributed by atoms with Crippen molar-refractivity contribution in [2.24, 2.45) is 11.8 Å². The fourth-order valence-corrected chi connectivity index (χ4v) is 3.18. The smallest absolute Gasteiger partial charge is 0.241 e. The molecule has 1 aliphatic carbocycles. The summed E-state index contributed by atoms with van der Waals surface area (Å²) in [6, 6.07) is 10.3. The van der Waals surface area contributed by atoms with E-state index >= 15 is 0 Å². The van der Waals surface area contributed by atoms with Crippen LogP contribution >= 0.6 is 0 Å². The Morgan fingerprint density at radius 3 is 2.57 bits per heavy atom. The molecule has 1 aliphatic heterocycles. The van der Waals surface area contributed by atoms with Gasteiger partial charge in [-0.1, -0.05) is 44.2 Å². The number of benzene rings is 1. The summed E-state index contributed by atoms with van der Waals surface area (Å²) in [6.45, 7) is 5.41. The van der Waals surface area contributed by atoms with Crippen LogP contribution in [0.2, 0.25) is 0 Å². The van der Waals surface area contributed by atoms with Crippen molar-refractivity contribution in [3.8, 4) is 0 Å². The molecule has 1 N–H and O–H groups in total. The normalized spacial score (nSPS) is 25.9. The second-order valence-electron chi connectivity index (χ2n) is 6.99. The Morgan fingerprint density at radius 2 is 1.95 bits per heavy atom. The third-order valence-corrected chi connectivity index (χ3v) is 4.48. The number of hydrogen-bond donors (Lipinski definition) is 1. The van der Waals surface area contributed by atoms with Crippen LogP contribution in [0.4, 0.5) is 0 Å². The van der Waals surface area contributed by atoms with Gasteiger partial charge in [0.05, 0.1) is 12.2 Å². The Morgan fingerprint density at radius 1 is 1.24 bits per heavy atom. The van der Waals surface area contributed by atoms with E-state index in [1.165, 1.54) is 18.4 Å². The highest BCUT2D eigenvalue weighted by Crippen LogP contribution is 2.32. The second kappa shape index (κ2) is 6.18. The minimum atomic E-state index is -0.0464. The summed E-state index contributed by atoms with van der Waals surface area (Å²) in [5.74, 6) is 1.66. The van der Waals surface area contributed by atoms with E-state index in [4.69, 9.17) is 0 Å². The van der Waals surface area contributed by atoms with Gasteiger partial charge in [0.1, 0.15) is 0 Å². The van der Waals surface area contributed by atoms with E-state index in [1.807, 2.05) is 18.2 Å². The zero-order chi connectivity index (χ0) is 14.8.